The fraction of sp³-hybridized carbons (Fsp3) is 0.100. The maximum atomic E-state index is 14.8. The monoisotopic (exact) mass is 488 g/mol. The van der Waals surface area contributed by atoms with Gasteiger partial charge < -0.3 is 9.47 Å². The summed E-state index contributed by atoms with van der Waals surface area (Å²) in [5, 5.41) is 0. The highest BCUT2D eigenvalue weighted by molar-refractivity contribution is 5.92. The average Bonchev–Trinajstić information content (AvgIpc) is 2.87. The summed E-state index contributed by atoms with van der Waals surface area (Å²) in [4.78, 5) is 12.5. The lowest BCUT2D eigenvalue weighted by atomic mass is 10.0. The van der Waals surface area contributed by atoms with Crippen molar-refractivity contribution in [2.45, 2.75) is 13.8 Å². The van der Waals surface area contributed by atoms with Gasteiger partial charge in [0.15, 0.2) is 11.6 Å². The van der Waals surface area contributed by atoms with Gasteiger partial charge in [0.05, 0.1) is 12.2 Å². The van der Waals surface area contributed by atoms with E-state index in [1.54, 1.807) is 48.5 Å². The van der Waals surface area contributed by atoms with Crippen molar-refractivity contribution >= 4 is 12.0 Å². The molecular formula is C30H23F3O3. The lowest BCUT2D eigenvalue weighted by Crippen LogP contribution is -2.12. The zero-order valence-corrected chi connectivity index (χ0v) is 19.7. The van der Waals surface area contributed by atoms with Crippen LogP contribution in [0.3, 0.4) is 0 Å². The van der Waals surface area contributed by atoms with Crippen molar-refractivity contribution in [1.29, 1.82) is 0 Å². The van der Waals surface area contributed by atoms with Crippen molar-refractivity contribution in [3.8, 4) is 33.8 Å². The van der Waals surface area contributed by atoms with E-state index in [4.69, 9.17) is 9.47 Å². The summed E-state index contributed by atoms with van der Waals surface area (Å²) in [5.41, 5.74) is 1.83. The molecule has 0 bridgehead atoms. The molecule has 0 spiro atoms. The maximum absolute atomic E-state index is 14.8. The Kier molecular flexibility index (Phi) is 7.54. The predicted molar refractivity (Wildman–Crippen MR) is 134 cm³/mol. The molecule has 0 aliphatic carbocycles. The van der Waals surface area contributed by atoms with E-state index in [-0.39, 0.29) is 11.3 Å². The summed E-state index contributed by atoms with van der Waals surface area (Å²) in [7, 11) is 0. The van der Waals surface area contributed by atoms with Crippen LogP contribution in [0.5, 0.6) is 11.5 Å². The molecule has 4 aromatic rings. The SMILES string of the molecule is CC=Cc1ccc(-c2ccc(C(=O)Oc3ccc(-c4ccc(OCC)cc4F)cc3)c(F)c2F)cc1. The number of hydrogen-bond acceptors (Lipinski definition) is 3. The number of benzene rings is 4. The fourth-order valence-corrected chi connectivity index (χ4v) is 3.75. The van der Waals surface area contributed by atoms with Crippen molar-refractivity contribution in [2.75, 3.05) is 6.61 Å². The van der Waals surface area contributed by atoms with E-state index in [2.05, 4.69) is 0 Å². The van der Waals surface area contributed by atoms with Gasteiger partial charge in [-0.3, -0.25) is 0 Å². The summed E-state index contributed by atoms with van der Waals surface area (Å²) in [6.45, 7) is 4.12. The molecule has 0 N–H and O–H groups in total. The van der Waals surface area contributed by atoms with Gasteiger partial charge in [0.1, 0.15) is 17.3 Å². The highest BCUT2D eigenvalue weighted by Crippen LogP contribution is 2.30. The summed E-state index contributed by atoms with van der Waals surface area (Å²) in [6, 6.07) is 20.1. The standard InChI is InChI=1S/C30H23F3O3/c1-3-5-19-6-8-21(9-7-19)25-16-17-26(29(33)28(25)32)30(34)36-22-12-10-20(11-13-22)24-15-14-23(35-4-2)18-27(24)31/h3,5-18H,4H2,1-2H3. The molecule has 0 fully saturated rings. The molecule has 182 valence electrons. The molecule has 6 heteroatoms. The Morgan fingerprint density at radius 2 is 1.39 bits per heavy atom. The van der Waals surface area contributed by atoms with Crippen LogP contribution in [0.2, 0.25) is 0 Å². The minimum Gasteiger partial charge on any atom is -0.494 e. The van der Waals surface area contributed by atoms with Crippen LogP contribution in [-0.4, -0.2) is 12.6 Å². The van der Waals surface area contributed by atoms with Gasteiger partial charge in [0, 0.05) is 17.2 Å². The number of rotatable bonds is 7. The lowest BCUT2D eigenvalue weighted by molar-refractivity contribution is 0.0728. The molecule has 0 unspecified atom stereocenters. The Balaban J connectivity index is 1.51. The van der Waals surface area contributed by atoms with Gasteiger partial charge in [0.25, 0.3) is 0 Å². The molecule has 36 heavy (non-hydrogen) atoms. The van der Waals surface area contributed by atoms with Crippen molar-refractivity contribution in [1.82, 2.24) is 0 Å². The van der Waals surface area contributed by atoms with E-state index in [1.807, 2.05) is 26.0 Å². The molecule has 4 aromatic carbocycles. The van der Waals surface area contributed by atoms with Gasteiger partial charge in [0.2, 0.25) is 0 Å². The van der Waals surface area contributed by atoms with E-state index in [0.29, 0.717) is 29.0 Å². The molecule has 0 saturated carbocycles. The molecule has 0 aliphatic heterocycles. The van der Waals surface area contributed by atoms with Crippen LogP contribution in [0.4, 0.5) is 13.2 Å². The Labute approximate surface area is 207 Å². The average molecular weight is 489 g/mol. The van der Waals surface area contributed by atoms with Gasteiger partial charge in [-0.1, -0.05) is 54.6 Å². The van der Waals surface area contributed by atoms with E-state index < -0.39 is 29.0 Å². The van der Waals surface area contributed by atoms with Gasteiger partial charge in [-0.05, 0) is 60.9 Å². The number of allylic oxidation sites excluding steroid dienone is 1. The quantitative estimate of drug-likeness (QED) is 0.195. The number of ether oxygens (including phenoxy) is 2. The number of carbonyl (C=O) groups is 1. The first-order chi connectivity index (χ1) is 17.4. The van der Waals surface area contributed by atoms with Crippen LogP contribution >= 0.6 is 0 Å². The number of halogens is 3. The van der Waals surface area contributed by atoms with Crippen LogP contribution < -0.4 is 9.47 Å². The molecule has 4 rings (SSSR count). The molecule has 0 heterocycles. The highest BCUT2D eigenvalue weighted by Gasteiger charge is 2.21. The first-order valence-corrected chi connectivity index (χ1v) is 11.4. The van der Waals surface area contributed by atoms with Crippen LogP contribution in [0.15, 0.2) is 84.9 Å². The van der Waals surface area contributed by atoms with E-state index in [1.165, 1.54) is 30.3 Å². The number of hydrogen-bond donors (Lipinski definition) is 0. The van der Waals surface area contributed by atoms with Crippen molar-refractivity contribution in [3.05, 3.63) is 114 Å². The largest absolute Gasteiger partial charge is 0.494 e. The summed E-state index contributed by atoms with van der Waals surface area (Å²) in [6.07, 6.45) is 3.77. The second kappa shape index (κ2) is 11.0. The first-order valence-electron chi connectivity index (χ1n) is 11.4. The molecule has 0 aromatic heterocycles. The Bertz CT molecular complexity index is 1410. The molecule has 0 saturated heterocycles. The molecule has 0 amide bonds. The highest BCUT2D eigenvalue weighted by atomic mass is 19.2. The number of carbonyl (C=O) groups excluding carboxylic acids is 1. The summed E-state index contributed by atoms with van der Waals surface area (Å²) in [5.74, 6) is -3.39. The summed E-state index contributed by atoms with van der Waals surface area (Å²) < 4.78 is 54.5. The maximum Gasteiger partial charge on any atom is 0.346 e. The van der Waals surface area contributed by atoms with Crippen LogP contribution in [0, 0.1) is 17.5 Å². The topological polar surface area (TPSA) is 35.5 Å². The predicted octanol–water partition coefficient (Wildman–Crippen LogP) is 8.09. The minimum atomic E-state index is -1.29. The second-order valence-electron chi connectivity index (χ2n) is 7.90. The van der Waals surface area contributed by atoms with Gasteiger partial charge in [-0.25, -0.2) is 18.0 Å². The normalized spacial score (nSPS) is 11.0. The van der Waals surface area contributed by atoms with Crippen LogP contribution in [0.25, 0.3) is 28.3 Å². The Morgan fingerprint density at radius 1 is 0.778 bits per heavy atom. The van der Waals surface area contributed by atoms with Crippen LogP contribution in [-0.2, 0) is 0 Å². The Morgan fingerprint density at radius 3 is 2.03 bits per heavy atom. The minimum absolute atomic E-state index is 0.0396. The van der Waals surface area contributed by atoms with Gasteiger partial charge in [-0.15, -0.1) is 0 Å². The van der Waals surface area contributed by atoms with E-state index in [0.717, 1.165) is 5.56 Å². The van der Waals surface area contributed by atoms with Gasteiger partial charge >= 0.3 is 5.97 Å². The molecular weight excluding hydrogens is 465 g/mol. The molecule has 0 radical (unpaired) electrons. The zero-order chi connectivity index (χ0) is 25.7. The van der Waals surface area contributed by atoms with E-state index >= 15 is 0 Å². The van der Waals surface area contributed by atoms with E-state index in [9.17, 15) is 18.0 Å². The zero-order valence-electron chi connectivity index (χ0n) is 19.7. The van der Waals surface area contributed by atoms with Crippen molar-refractivity contribution in [3.63, 3.8) is 0 Å². The summed E-state index contributed by atoms with van der Waals surface area (Å²) >= 11 is 0. The smallest absolute Gasteiger partial charge is 0.346 e. The second-order valence-corrected chi connectivity index (χ2v) is 7.90. The van der Waals surface area contributed by atoms with Crippen LogP contribution in [0.1, 0.15) is 29.8 Å². The van der Waals surface area contributed by atoms with Crippen molar-refractivity contribution in [2.24, 2.45) is 0 Å². The molecule has 0 aliphatic rings. The van der Waals surface area contributed by atoms with Gasteiger partial charge in [-0.2, -0.15) is 0 Å². The molecule has 0 atom stereocenters. The molecule has 3 nitrogen and oxygen atoms in total. The third-order valence-electron chi connectivity index (χ3n) is 5.51. The lowest BCUT2D eigenvalue weighted by Gasteiger charge is -2.10. The first kappa shape index (κ1) is 24.8. The third-order valence-corrected chi connectivity index (χ3v) is 5.51. The third kappa shape index (κ3) is 5.33. The van der Waals surface area contributed by atoms with Crippen molar-refractivity contribution < 1.29 is 27.4 Å². The number of esters is 1. The Hall–Kier alpha value is -4.32. The fourth-order valence-electron chi connectivity index (χ4n) is 3.75.